The maximum atomic E-state index is 13.8. The fourth-order valence-corrected chi connectivity index (χ4v) is 23.7. The van der Waals surface area contributed by atoms with Crippen LogP contribution in [0.1, 0.15) is 173 Å². The first kappa shape index (κ1) is 86.3. The molecule has 2 atom stereocenters. The zero-order valence-corrected chi connectivity index (χ0v) is 72.8. The van der Waals surface area contributed by atoms with Gasteiger partial charge in [-0.15, -0.1) is 0 Å². The molecule has 8 aromatic carbocycles. The number of phenolic OH excluding ortho intramolecular Hbond substituents is 1. The van der Waals surface area contributed by atoms with Gasteiger partial charge in [0, 0.05) is 47.2 Å². The van der Waals surface area contributed by atoms with Gasteiger partial charge in [0.2, 0.25) is 10.7 Å². The molecule has 2 amide bonds. The lowest BCUT2D eigenvalue weighted by atomic mass is 9.82. The highest BCUT2D eigenvalue weighted by Crippen LogP contribution is 2.38. The minimum Gasteiger partial charge on any atom is -1.00 e. The number of hydrogen-bond acceptors (Lipinski definition) is 13. The summed E-state index contributed by atoms with van der Waals surface area (Å²) in [6.07, 6.45) is 2.10. The molecule has 12 rings (SSSR count). The Bertz CT molecular complexity index is 5020. The van der Waals surface area contributed by atoms with Gasteiger partial charge in [-0.1, -0.05) is 64.3 Å². The Morgan fingerprint density at radius 1 is 0.429 bits per heavy atom. The standard InChI is InChI=1S/C46H55N2O6Si.C45H52N2O7Si.2ClH/c1-13-48-39-23-41-38(22-37(39)30(5)24-46(48,7)8)44(35-16-14-32(18-29(35)4)45(51)47(25-42(49)52-9)26-43(50)53-10)36-17-15-33(21-40(36)55(41,11)12)54-34-19-27(2)31(6)28(3)20-34;1-12-47-37-22-39-36(21-35(37)29(5)23-45(47,6)7)42(33-15-13-30(17-26(33)2)44(51)46(24-40(48)52-8)25-41(49)53-9)34-16-14-31(20-38(34)55(39,10)11)54-32-18-27(3)43(50)28(4)19-32;;/h14-23,30H,13,24-26H2,1-12H3;13-22,29H,12,23-25H2,1-11H3;2*1H/q+1;;;/p-1. The van der Waals surface area contributed by atoms with Crippen molar-refractivity contribution in [2.24, 2.45) is 0 Å². The smallest absolute Gasteiger partial charge is 0.325 e. The molecule has 0 bridgehead atoms. The summed E-state index contributed by atoms with van der Waals surface area (Å²) in [5, 5.41) is 20.7. The van der Waals surface area contributed by atoms with E-state index < -0.39 is 51.8 Å². The van der Waals surface area contributed by atoms with E-state index in [9.17, 15) is 33.9 Å². The predicted octanol–water partition coefficient (Wildman–Crippen LogP) is 4.77. The number of amides is 2. The van der Waals surface area contributed by atoms with E-state index in [-0.39, 0.29) is 67.8 Å². The minimum atomic E-state index is -2.37. The number of phenols is 1. The van der Waals surface area contributed by atoms with Crippen molar-refractivity contribution in [3.63, 3.8) is 0 Å². The second kappa shape index (κ2) is 33.6. The molecule has 0 spiro atoms. The Labute approximate surface area is 673 Å². The van der Waals surface area contributed by atoms with Crippen molar-refractivity contribution in [3.8, 4) is 28.7 Å². The molecule has 0 radical (unpaired) electrons. The molecule has 17 nitrogen and oxygen atoms in total. The summed E-state index contributed by atoms with van der Waals surface area (Å²) in [6.45, 7) is 42.7. The van der Waals surface area contributed by atoms with Crippen LogP contribution in [0.4, 0.5) is 0 Å². The number of halogens is 2. The summed E-state index contributed by atoms with van der Waals surface area (Å²) in [6, 6.07) is 41.9. The zero-order valence-electron chi connectivity index (χ0n) is 69.2. The topological polar surface area (TPSA) is 191 Å². The van der Waals surface area contributed by atoms with Crippen molar-refractivity contribution >= 4 is 83.7 Å². The highest BCUT2D eigenvalue weighted by Gasteiger charge is 2.45. The van der Waals surface area contributed by atoms with Gasteiger partial charge in [-0.25, -0.2) is 9.15 Å². The lowest BCUT2D eigenvalue weighted by Crippen LogP contribution is -3.00. The van der Waals surface area contributed by atoms with E-state index in [0.717, 1.165) is 103 Å². The van der Waals surface area contributed by atoms with Gasteiger partial charge in [0.1, 0.15) is 84.2 Å². The van der Waals surface area contributed by atoms with Gasteiger partial charge in [0.15, 0.2) is 11.1 Å². The van der Waals surface area contributed by atoms with E-state index in [1.165, 1.54) is 104 Å². The number of benzene rings is 8. The summed E-state index contributed by atoms with van der Waals surface area (Å²) in [5.74, 6) is 0.586. The van der Waals surface area contributed by atoms with Crippen LogP contribution >= 0.6 is 0 Å². The van der Waals surface area contributed by atoms with Crippen molar-refractivity contribution in [3.05, 3.63) is 226 Å². The number of esters is 4. The highest BCUT2D eigenvalue weighted by atomic mass is 35.5. The Morgan fingerprint density at radius 2 is 0.750 bits per heavy atom. The largest absolute Gasteiger partial charge is 1.00 e. The van der Waals surface area contributed by atoms with Crippen LogP contribution in [0.3, 0.4) is 0 Å². The molecule has 4 aliphatic rings. The maximum Gasteiger partial charge on any atom is 0.325 e. The second-order valence-electron chi connectivity index (χ2n) is 32.6. The molecule has 8 aromatic rings. The van der Waals surface area contributed by atoms with E-state index in [2.05, 4.69) is 178 Å². The van der Waals surface area contributed by atoms with Crippen LogP contribution in [0.25, 0.3) is 11.1 Å². The van der Waals surface area contributed by atoms with Crippen LogP contribution in [0.2, 0.25) is 26.2 Å². The maximum absolute atomic E-state index is 13.8. The highest BCUT2D eigenvalue weighted by molar-refractivity contribution is 7.02. The van der Waals surface area contributed by atoms with Crippen molar-refractivity contribution in [2.75, 3.05) is 67.7 Å². The van der Waals surface area contributed by atoms with Crippen LogP contribution in [0, 0.1) is 48.5 Å². The Balaban J connectivity index is 0.000000253. The molecule has 0 saturated heterocycles. The third kappa shape index (κ3) is 16.6. The van der Waals surface area contributed by atoms with Gasteiger partial charge in [0.25, 0.3) is 11.8 Å². The van der Waals surface area contributed by atoms with Gasteiger partial charge in [-0.05, 0) is 290 Å². The monoisotopic (exact) mass is 1590 g/mol. The molecular weight excluding hydrogens is 1480 g/mol. The second-order valence-corrected chi connectivity index (χ2v) is 41.3. The van der Waals surface area contributed by atoms with Crippen molar-refractivity contribution in [1.82, 2.24) is 19.0 Å². The number of hydrogen-bond donors (Lipinski definition) is 1. The van der Waals surface area contributed by atoms with Crippen molar-refractivity contribution < 1.29 is 87.1 Å². The first-order valence-electron chi connectivity index (χ1n) is 38.1. The zero-order chi connectivity index (χ0) is 80.3. The molecule has 4 aliphatic heterocycles. The third-order valence-electron chi connectivity index (χ3n) is 23.5. The number of carbonyl (C=O) groups excluding carboxylic acids is 6. The van der Waals surface area contributed by atoms with E-state index in [1.807, 2.05) is 70.2 Å². The van der Waals surface area contributed by atoms with Gasteiger partial charge in [-0.2, -0.15) is 0 Å². The summed E-state index contributed by atoms with van der Waals surface area (Å²) >= 11 is 0. The molecule has 0 aliphatic carbocycles. The number of aryl methyl sites for hydroxylation is 6. The molecule has 112 heavy (non-hydrogen) atoms. The average molecular weight is 1590 g/mol. The quantitative estimate of drug-likeness (QED) is 0.0536. The van der Waals surface area contributed by atoms with Gasteiger partial charge >= 0.3 is 23.9 Å². The summed E-state index contributed by atoms with van der Waals surface area (Å²) in [7, 11) is 0.284. The first-order chi connectivity index (χ1) is 51.8. The summed E-state index contributed by atoms with van der Waals surface area (Å²) < 4.78 is 37.5. The molecule has 1 N–H and O–H groups in total. The van der Waals surface area contributed by atoms with Gasteiger partial charge in [-0.3, -0.25) is 28.8 Å². The SMILES string of the molecule is CC[N+]1=c2cc3c(cc2C(C)CC1(C)C)=C(c1ccc(C(=O)N(CC(=O)OC)CC(=O)OC)cc1C)c1ccc(Oc2cc(C)c(C)c(C)c2)cc1[Si]3(C)C.CC[N+]1=c2cc3c(cc2C(C)CC1(C)C)=C(c1ccc(C(=O)N(CC(=O)OC)CC(=O)OC)cc1C)c1ccc(Oc2cc(C)c(O)c(C)c2)cc1[Si]3(C)C.[Cl-].[Cl-]. The number of ether oxygens (including phenoxy) is 6. The van der Waals surface area contributed by atoms with Crippen molar-refractivity contribution in [2.45, 2.75) is 166 Å². The van der Waals surface area contributed by atoms with Crippen LogP contribution in [-0.4, -0.2) is 146 Å². The van der Waals surface area contributed by atoms with E-state index in [4.69, 9.17) is 28.4 Å². The minimum absolute atomic E-state index is 0. The number of aromatic hydroxyl groups is 1. The number of carbonyl (C=O) groups is 6. The molecule has 0 fully saturated rings. The van der Waals surface area contributed by atoms with Gasteiger partial charge in [0.05, 0.1) is 28.4 Å². The predicted molar refractivity (Wildman–Crippen MR) is 439 cm³/mol. The van der Waals surface area contributed by atoms with Crippen LogP contribution in [0.5, 0.6) is 28.7 Å². The molecule has 21 heteroatoms. The normalized spacial score (nSPS) is 16.1. The number of nitrogens with zero attached hydrogens (tertiary/aromatic N) is 4. The third-order valence-corrected chi connectivity index (χ3v) is 30.6. The number of fused-ring (bicyclic) bond motifs is 6. The first-order valence-corrected chi connectivity index (χ1v) is 44.1. The Kier molecular flexibility index (Phi) is 25.9. The van der Waals surface area contributed by atoms with E-state index in [0.29, 0.717) is 28.7 Å². The fraction of sp³-hybridized carbons (Fsp3) is 0.385. The van der Waals surface area contributed by atoms with E-state index >= 15 is 0 Å². The molecule has 0 saturated carbocycles. The fourth-order valence-electron chi connectivity index (χ4n) is 17.6. The summed E-state index contributed by atoms with van der Waals surface area (Å²) in [5.41, 5.74) is 17.0. The van der Waals surface area contributed by atoms with E-state index in [1.54, 1.807) is 12.1 Å². The average Bonchev–Trinajstić information content (AvgIpc) is 0.711. The lowest BCUT2D eigenvalue weighted by Gasteiger charge is -2.36. The molecule has 4 heterocycles. The van der Waals surface area contributed by atoms with Crippen LogP contribution in [0.15, 0.2) is 121 Å². The van der Waals surface area contributed by atoms with Crippen LogP contribution in [-0.2, 0) is 38.1 Å². The molecule has 2 unspecified atom stereocenters. The molecule has 0 aromatic heterocycles. The Morgan fingerprint density at radius 3 is 1.06 bits per heavy atom. The van der Waals surface area contributed by atoms with Crippen LogP contribution < -0.4 is 85.3 Å². The number of methoxy groups -OCH3 is 4. The molecule has 592 valence electrons. The Hall–Kier alpha value is -9.67. The number of rotatable bonds is 18. The summed E-state index contributed by atoms with van der Waals surface area (Å²) in [4.78, 5) is 78.8. The van der Waals surface area contributed by atoms with Crippen molar-refractivity contribution in [1.29, 1.82) is 0 Å². The van der Waals surface area contributed by atoms with Gasteiger partial charge < -0.3 is 68.1 Å². The lowest BCUT2D eigenvalue weighted by molar-refractivity contribution is -0.146. The molecular formula is C91H108Cl2N4O13Si2.